The fourth-order valence-electron chi connectivity index (χ4n) is 2.52. The Bertz CT molecular complexity index is 908. The highest BCUT2D eigenvalue weighted by molar-refractivity contribution is 5.95. The van der Waals surface area contributed by atoms with Crippen molar-refractivity contribution in [2.45, 2.75) is 19.8 Å². The highest BCUT2D eigenvalue weighted by Crippen LogP contribution is 2.35. The summed E-state index contributed by atoms with van der Waals surface area (Å²) in [6.45, 7) is 1.78. The van der Waals surface area contributed by atoms with E-state index in [9.17, 15) is 25.0 Å². The summed E-state index contributed by atoms with van der Waals surface area (Å²) in [5.74, 6) is 0.0216. The van der Waals surface area contributed by atoms with E-state index in [1.165, 1.54) is 12.1 Å². The molecule has 0 spiro atoms. The number of carbonyl (C=O) groups is 1. The summed E-state index contributed by atoms with van der Waals surface area (Å²) < 4.78 is 0. The SMILES string of the molecule is Cc1c(NC(=O)C2CC2)cccc1Nc1ccc([N+](=O)[O-])cc1[N+](=O)[O-]. The summed E-state index contributed by atoms with van der Waals surface area (Å²) in [7, 11) is 0. The summed E-state index contributed by atoms with van der Waals surface area (Å²) in [5, 5.41) is 27.9. The third-order valence-corrected chi connectivity index (χ3v) is 4.20. The van der Waals surface area contributed by atoms with Crippen LogP contribution in [0.25, 0.3) is 0 Å². The van der Waals surface area contributed by atoms with Gasteiger partial charge in [-0.05, 0) is 43.5 Å². The van der Waals surface area contributed by atoms with E-state index < -0.39 is 15.5 Å². The summed E-state index contributed by atoms with van der Waals surface area (Å²) in [6, 6.07) is 8.60. The average molecular weight is 356 g/mol. The van der Waals surface area contributed by atoms with E-state index in [1.54, 1.807) is 25.1 Å². The molecule has 26 heavy (non-hydrogen) atoms. The topological polar surface area (TPSA) is 127 Å². The van der Waals surface area contributed by atoms with Crippen LogP contribution in [0.1, 0.15) is 18.4 Å². The van der Waals surface area contributed by atoms with E-state index in [-0.39, 0.29) is 23.2 Å². The minimum absolute atomic E-state index is 0.0356. The van der Waals surface area contributed by atoms with Crippen LogP contribution >= 0.6 is 0 Å². The molecule has 2 N–H and O–H groups in total. The molecule has 1 aliphatic carbocycles. The maximum absolute atomic E-state index is 12.0. The monoisotopic (exact) mass is 356 g/mol. The molecule has 0 aromatic heterocycles. The maximum atomic E-state index is 12.0. The number of nitrogens with zero attached hydrogens (tertiary/aromatic N) is 2. The molecule has 3 rings (SSSR count). The number of hydrogen-bond acceptors (Lipinski definition) is 6. The van der Waals surface area contributed by atoms with E-state index >= 15 is 0 Å². The molecule has 9 nitrogen and oxygen atoms in total. The molecule has 1 saturated carbocycles. The second-order valence-corrected chi connectivity index (χ2v) is 6.08. The lowest BCUT2D eigenvalue weighted by Crippen LogP contribution is -2.14. The van der Waals surface area contributed by atoms with Crippen LogP contribution in [0.2, 0.25) is 0 Å². The van der Waals surface area contributed by atoms with Crippen LogP contribution in [-0.2, 0) is 4.79 Å². The van der Waals surface area contributed by atoms with Gasteiger partial charge in [0.15, 0.2) is 0 Å². The Morgan fingerprint density at radius 1 is 1.04 bits per heavy atom. The number of amides is 1. The number of nitro groups is 2. The van der Waals surface area contributed by atoms with Crippen molar-refractivity contribution in [2.75, 3.05) is 10.6 Å². The number of rotatable bonds is 6. The second kappa shape index (κ2) is 6.79. The van der Waals surface area contributed by atoms with Crippen LogP contribution in [0.4, 0.5) is 28.4 Å². The molecule has 134 valence electrons. The van der Waals surface area contributed by atoms with Crippen LogP contribution in [0.15, 0.2) is 36.4 Å². The van der Waals surface area contributed by atoms with Crippen LogP contribution in [0.5, 0.6) is 0 Å². The number of nitro benzene ring substituents is 2. The molecule has 0 atom stereocenters. The largest absolute Gasteiger partial charge is 0.350 e. The smallest absolute Gasteiger partial charge is 0.299 e. The maximum Gasteiger partial charge on any atom is 0.299 e. The van der Waals surface area contributed by atoms with Crippen molar-refractivity contribution in [1.82, 2.24) is 0 Å². The molecule has 0 radical (unpaired) electrons. The third-order valence-electron chi connectivity index (χ3n) is 4.20. The Kier molecular flexibility index (Phi) is 4.53. The van der Waals surface area contributed by atoms with Crippen LogP contribution < -0.4 is 10.6 Å². The summed E-state index contributed by atoms with van der Waals surface area (Å²) in [6.07, 6.45) is 1.77. The molecule has 1 fully saturated rings. The molecule has 0 aliphatic heterocycles. The molecule has 1 amide bonds. The molecule has 1 aliphatic rings. The Morgan fingerprint density at radius 3 is 2.35 bits per heavy atom. The Balaban J connectivity index is 1.90. The average Bonchev–Trinajstić information content (AvgIpc) is 3.43. The van der Waals surface area contributed by atoms with E-state index in [2.05, 4.69) is 10.6 Å². The normalized spacial score (nSPS) is 13.1. The lowest BCUT2D eigenvalue weighted by molar-refractivity contribution is -0.393. The standard InChI is InChI=1S/C17H16N4O5/c1-10-13(3-2-4-14(10)19-17(22)11-5-6-11)18-15-8-7-12(20(23)24)9-16(15)21(25)26/h2-4,7-9,11,18H,5-6H2,1H3,(H,19,22). The quantitative estimate of drug-likeness (QED) is 0.597. The summed E-state index contributed by atoms with van der Waals surface area (Å²) in [4.78, 5) is 32.7. The Morgan fingerprint density at radius 2 is 1.73 bits per heavy atom. The van der Waals surface area contributed by atoms with Crippen molar-refractivity contribution < 1.29 is 14.6 Å². The van der Waals surface area contributed by atoms with Crippen molar-refractivity contribution in [3.05, 3.63) is 62.2 Å². The number of benzene rings is 2. The fourth-order valence-corrected chi connectivity index (χ4v) is 2.52. The zero-order valence-corrected chi connectivity index (χ0v) is 13.9. The molecule has 0 bridgehead atoms. The molecule has 9 heteroatoms. The molecule has 0 unspecified atom stereocenters. The molecule has 0 heterocycles. The minimum atomic E-state index is -0.684. The first-order valence-corrected chi connectivity index (χ1v) is 7.97. The zero-order chi connectivity index (χ0) is 18.8. The van der Waals surface area contributed by atoms with Crippen molar-refractivity contribution in [2.24, 2.45) is 5.92 Å². The van der Waals surface area contributed by atoms with Gasteiger partial charge in [-0.2, -0.15) is 0 Å². The van der Waals surface area contributed by atoms with Crippen molar-refractivity contribution >= 4 is 34.3 Å². The van der Waals surface area contributed by atoms with Gasteiger partial charge in [0.1, 0.15) is 5.69 Å². The molecular formula is C17H16N4O5. The van der Waals surface area contributed by atoms with E-state index in [0.29, 0.717) is 16.9 Å². The van der Waals surface area contributed by atoms with Gasteiger partial charge >= 0.3 is 0 Å². The van der Waals surface area contributed by atoms with Gasteiger partial charge < -0.3 is 10.6 Å². The van der Waals surface area contributed by atoms with Gasteiger partial charge in [0.25, 0.3) is 11.4 Å². The van der Waals surface area contributed by atoms with E-state index in [4.69, 9.17) is 0 Å². The van der Waals surface area contributed by atoms with Crippen molar-refractivity contribution in [3.63, 3.8) is 0 Å². The highest BCUT2D eigenvalue weighted by Gasteiger charge is 2.30. The predicted molar refractivity (Wildman–Crippen MR) is 95.6 cm³/mol. The van der Waals surface area contributed by atoms with E-state index in [1.807, 2.05) is 0 Å². The third kappa shape index (κ3) is 3.61. The summed E-state index contributed by atoms with van der Waals surface area (Å²) in [5.41, 5.74) is 1.28. The first kappa shape index (κ1) is 17.3. The van der Waals surface area contributed by atoms with Crippen LogP contribution in [-0.4, -0.2) is 15.8 Å². The lowest BCUT2D eigenvalue weighted by atomic mass is 10.1. The van der Waals surface area contributed by atoms with E-state index in [0.717, 1.165) is 18.9 Å². The van der Waals surface area contributed by atoms with Gasteiger partial charge in [-0.3, -0.25) is 25.0 Å². The lowest BCUT2D eigenvalue weighted by Gasteiger charge is -2.14. The van der Waals surface area contributed by atoms with Crippen LogP contribution in [0, 0.1) is 33.1 Å². The number of anilines is 3. The van der Waals surface area contributed by atoms with Gasteiger partial charge in [0.05, 0.1) is 15.9 Å². The highest BCUT2D eigenvalue weighted by atomic mass is 16.6. The molecule has 0 saturated heterocycles. The van der Waals surface area contributed by atoms with Gasteiger partial charge in [0.2, 0.25) is 5.91 Å². The first-order chi connectivity index (χ1) is 12.4. The molecule has 2 aromatic rings. The number of nitrogens with one attached hydrogen (secondary N) is 2. The molecule has 2 aromatic carbocycles. The first-order valence-electron chi connectivity index (χ1n) is 7.97. The molecular weight excluding hydrogens is 340 g/mol. The van der Waals surface area contributed by atoms with Crippen molar-refractivity contribution in [1.29, 1.82) is 0 Å². The summed E-state index contributed by atoms with van der Waals surface area (Å²) >= 11 is 0. The van der Waals surface area contributed by atoms with Gasteiger partial charge in [0, 0.05) is 23.4 Å². The fraction of sp³-hybridized carbons (Fsp3) is 0.235. The zero-order valence-electron chi connectivity index (χ0n) is 13.9. The van der Waals surface area contributed by atoms with Gasteiger partial charge in [-0.25, -0.2) is 0 Å². The van der Waals surface area contributed by atoms with Crippen LogP contribution in [0.3, 0.4) is 0 Å². The van der Waals surface area contributed by atoms with Gasteiger partial charge in [-0.1, -0.05) is 6.07 Å². The number of carbonyl (C=O) groups excluding carboxylic acids is 1. The Labute approximate surface area is 148 Å². The number of non-ortho nitro benzene ring substituents is 1. The second-order valence-electron chi connectivity index (χ2n) is 6.08. The minimum Gasteiger partial charge on any atom is -0.350 e. The number of hydrogen-bond donors (Lipinski definition) is 2. The van der Waals surface area contributed by atoms with Crippen molar-refractivity contribution in [3.8, 4) is 0 Å². The predicted octanol–water partition coefficient (Wildman–Crippen LogP) is 3.90. The van der Waals surface area contributed by atoms with Gasteiger partial charge in [-0.15, -0.1) is 0 Å². The Hall–Kier alpha value is -3.49.